The highest BCUT2D eigenvalue weighted by Crippen LogP contribution is 2.50. The van der Waals surface area contributed by atoms with Crippen LogP contribution in [0.4, 0.5) is 0 Å². The van der Waals surface area contributed by atoms with Gasteiger partial charge in [0.1, 0.15) is 11.1 Å². The topological polar surface area (TPSA) is 192 Å². The van der Waals surface area contributed by atoms with Crippen molar-refractivity contribution in [2.75, 3.05) is 0 Å². The molecule has 2 aromatic carbocycles. The van der Waals surface area contributed by atoms with Crippen LogP contribution in [0.3, 0.4) is 0 Å². The summed E-state index contributed by atoms with van der Waals surface area (Å²) in [7, 11) is 0. The minimum Gasteiger partial charge on any atom is -0.504 e. The van der Waals surface area contributed by atoms with Gasteiger partial charge in [0, 0.05) is 6.07 Å². The van der Waals surface area contributed by atoms with Crippen molar-refractivity contribution in [1.29, 1.82) is 0 Å². The van der Waals surface area contributed by atoms with E-state index in [0.29, 0.717) is 0 Å². The molecule has 1 aromatic heterocycles. The van der Waals surface area contributed by atoms with Crippen LogP contribution in [0.2, 0.25) is 0 Å². The first-order valence-electron chi connectivity index (χ1n) is 6.56. The molecule has 3 rings (SSSR count). The summed E-state index contributed by atoms with van der Waals surface area (Å²) in [5.74, 6) is -8.73. The number of hydrogen-bond acceptors (Lipinski definition) is 10. The summed E-state index contributed by atoms with van der Waals surface area (Å²) < 4.78 is 5.16. The molecule has 10 nitrogen and oxygen atoms in total. The van der Waals surface area contributed by atoms with Crippen molar-refractivity contribution in [3.05, 3.63) is 22.4 Å². The number of rotatable bonds is 1. The Morgan fingerprint density at radius 3 is 1.84 bits per heavy atom. The fraction of sp³-hybridized carbons (Fsp3) is 0. The first kappa shape index (κ1) is 15.9. The highest BCUT2D eigenvalue weighted by Gasteiger charge is 2.25. The van der Waals surface area contributed by atoms with Crippen molar-refractivity contribution in [2.24, 2.45) is 0 Å². The van der Waals surface area contributed by atoms with Gasteiger partial charge >= 0.3 is 0 Å². The molecular weight excluding hydrogens is 340 g/mol. The van der Waals surface area contributed by atoms with Crippen molar-refractivity contribution >= 4 is 11.0 Å². The molecule has 0 saturated carbocycles. The Labute approximate surface area is 136 Å². The molecule has 8 N–H and O–H groups in total. The average molecular weight is 350 g/mol. The second-order valence-corrected chi connectivity index (χ2v) is 5.06. The second kappa shape index (κ2) is 5.03. The minimum absolute atomic E-state index is 0.432. The maximum absolute atomic E-state index is 12.2. The van der Waals surface area contributed by atoms with E-state index in [4.69, 9.17) is 4.42 Å². The molecule has 0 aliphatic heterocycles. The molecule has 3 aromatic rings. The van der Waals surface area contributed by atoms with Crippen molar-refractivity contribution in [3.63, 3.8) is 0 Å². The van der Waals surface area contributed by atoms with E-state index in [-0.39, 0.29) is 0 Å². The molecule has 0 radical (unpaired) electrons. The fourth-order valence-electron chi connectivity index (χ4n) is 2.29. The number of phenolic OH excluding ortho intramolecular Hbond substituents is 8. The van der Waals surface area contributed by atoms with Crippen molar-refractivity contribution in [1.82, 2.24) is 0 Å². The predicted molar refractivity (Wildman–Crippen MR) is 81.2 cm³/mol. The second-order valence-electron chi connectivity index (χ2n) is 5.06. The van der Waals surface area contributed by atoms with Gasteiger partial charge in [0.05, 0.1) is 5.56 Å². The zero-order chi connectivity index (χ0) is 18.6. The van der Waals surface area contributed by atoms with E-state index < -0.39 is 73.7 Å². The van der Waals surface area contributed by atoms with Gasteiger partial charge in [-0.2, -0.15) is 0 Å². The van der Waals surface area contributed by atoms with Crippen LogP contribution in [0.1, 0.15) is 0 Å². The summed E-state index contributed by atoms with van der Waals surface area (Å²) in [5, 5.41) is 76.2. The zero-order valence-corrected chi connectivity index (χ0v) is 12.0. The Bertz CT molecular complexity index is 1100. The molecule has 0 fully saturated rings. The molecule has 25 heavy (non-hydrogen) atoms. The smallest absolute Gasteiger partial charge is 0.208 e. The Morgan fingerprint density at radius 2 is 1.20 bits per heavy atom. The minimum atomic E-state index is -1.15. The van der Waals surface area contributed by atoms with Crippen LogP contribution in [-0.2, 0) is 0 Å². The van der Waals surface area contributed by atoms with Crippen molar-refractivity contribution in [2.45, 2.75) is 0 Å². The normalized spacial score (nSPS) is 11.0. The monoisotopic (exact) mass is 350 g/mol. The van der Waals surface area contributed by atoms with E-state index in [1.165, 1.54) is 0 Å². The lowest BCUT2D eigenvalue weighted by Crippen LogP contribution is -2.01. The van der Waals surface area contributed by atoms with Gasteiger partial charge < -0.3 is 45.3 Å². The molecular formula is C15H10O10. The zero-order valence-electron chi connectivity index (χ0n) is 12.0. The first-order valence-corrected chi connectivity index (χ1v) is 6.56. The van der Waals surface area contributed by atoms with E-state index in [1.807, 2.05) is 0 Å². The van der Waals surface area contributed by atoms with E-state index in [1.54, 1.807) is 0 Å². The molecule has 0 saturated heterocycles. The Kier molecular flexibility index (Phi) is 3.20. The van der Waals surface area contributed by atoms with Crippen molar-refractivity contribution in [3.8, 4) is 57.3 Å². The van der Waals surface area contributed by atoms with Crippen LogP contribution >= 0.6 is 0 Å². The first-order chi connectivity index (χ1) is 11.6. The van der Waals surface area contributed by atoms with Gasteiger partial charge in [-0.05, 0) is 6.07 Å². The predicted octanol–water partition coefficient (Wildman–Crippen LogP) is 1.10. The van der Waals surface area contributed by atoms with Gasteiger partial charge in [0.25, 0.3) is 0 Å². The van der Waals surface area contributed by atoms with Gasteiger partial charge in [-0.1, -0.05) is 0 Å². The van der Waals surface area contributed by atoms with Crippen LogP contribution in [0.5, 0.6) is 46.0 Å². The van der Waals surface area contributed by atoms with Gasteiger partial charge in [-0.3, -0.25) is 4.79 Å². The largest absolute Gasteiger partial charge is 0.504 e. The molecule has 10 heteroatoms. The molecule has 0 atom stereocenters. The number of aromatic hydroxyl groups is 8. The summed E-state index contributed by atoms with van der Waals surface area (Å²) in [6.45, 7) is 0. The molecule has 130 valence electrons. The third-order valence-electron chi connectivity index (χ3n) is 3.57. The summed E-state index contributed by atoms with van der Waals surface area (Å²) in [6, 6.07) is 1.49. The lowest BCUT2D eigenvalue weighted by Gasteiger charge is -2.11. The molecule has 1 heterocycles. The molecule has 0 unspecified atom stereocenters. The average Bonchev–Trinajstić information content (AvgIpc) is 2.58. The van der Waals surface area contributed by atoms with Gasteiger partial charge in [0.15, 0.2) is 28.3 Å². The van der Waals surface area contributed by atoms with Gasteiger partial charge in [-0.25, -0.2) is 0 Å². The third-order valence-corrected chi connectivity index (χ3v) is 3.57. The summed E-state index contributed by atoms with van der Waals surface area (Å²) in [4.78, 5) is 12.2. The maximum Gasteiger partial charge on any atom is 0.208 e. The Balaban J connectivity index is 2.44. The number of hydrogen-bond donors (Lipinski definition) is 8. The highest BCUT2D eigenvalue weighted by molar-refractivity contribution is 5.94. The summed E-state index contributed by atoms with van der Waals surface area (Å²) >= 11 is 0. The maximum atomic E-state index is 12.2. The molecule has 0 spiro atoms. The van der Waals surface area contributed by atoms with Crippen LogP contribution in [0.25, 0.3) is 22.3 Å². The Morgan fingerprint density at radius 1 is 0.640 bits per heavy atom. The van der Waals surface area contributed by atoms with Gasteiger partial charge in [-0.15, -0.1) is 0 Å². The number of phenols is 8. The van der Waals surface area contributed by atoms with Crippen LogP contribution in [-0.4, -0.2) is 40.9 Å². The van der Waals surface area contributed by atoms with E-state index in [9.17, 15) is 45.6 Å². The number of benzene rings is 2. The van der Waals surface area contributed by atoms with Gasteiger partial charge in [0.2, 0.25) is 28.7 Å². The standard InChI is InChI=1S/C15H10O10/c16-4-2-6(3-1-5(17)9(19)11(21)8(3)18)25-15-7(4)10(20)12(22)13(23)14(15)24/h1-2,17-24H. The molecule has 0 aliphatic rings. The van der Waals surface area contributed by atoms with Crippen LogP contribution in [0.15, 0.2) is 21.3 Å². The van der Waals surface area contributed by atoms with E-state index in [0.717, 1.165) is 12.1 Å². The van der Waals surface area contributed by atoms with Crippen molar-refractivity contribution < 1.29 is 45.3 Å². The Hall–Kier alpha value is -3.95. The number of fused-ring (bicyclic) bond motifs is 1. The van der Waals surface area contributed by atoms with Crippen LogP contribution < -0.4 is 5.43 Å². The summed E-state index contributed by atoms with van der Waals surface area (Å²) in [6.07, 6.45) is 0. The molecule has 0 aliphatic carbocycles. The highest BCUT2D eigenvalue weighted by atomic mass is 16.4. The third kappa shape index (κ3) is 2.08. The summed E-state index contributed by atoms with van der Waals surface area (Å²) in [5.41, 5.74) is -2.13. The molecule has 0 amide bonds. The quantitative estimate of drug-likeness (QED) is 0.233. The SMILES string of the molecule is O=c1cc(-c2cc(O)c(O)c(O)c2O)oc2c(O)c(O)c(O)c(O)c12. The van der Waals surface area contributed by atoms with Crippen LogP contribution in [0, 0.1) is 0 Å². The lowest BCUT2D eigenvalue weighted by molar-refractivity contribution is 0.344. The molecule has 0 bridgehead atoms. The van der Waals surface area contributed by atoms with E-state index >= 15 is 0 Å². The fourth-order valence-corrected chi connectivity index (χ4v) is 2.29. The lowest BCUT2D eigenvalue weighted by atomic mass is 10.1. The van der Waals surface area contributed by atoms with E-state index in [2.05, 4.69) is 0 Å².